The maximum absolute atomic E-state index is 12.0. The number of carbonyl (C=O) groups excluding carboxylic acids is 1. The molecule has 0 radical (unpaired) electrons. The van der Waals surface area contributed by atoms with E-state index in [9.17, 15) is 4.79 Å². The normalized spacial score (nSPS) is 19.1. The third-order valence-electron chi connectivity index (χ3n) is 5.50. The number of aromatic nitrogens is 2. The van der Waals surface area contributed by atoms with Crippen LogP contribution in [0.4, 0.5) is 5.69 Å². The van der Waals surface area contributed by atoms with Crippen molar-refractivity contribution in [3.05, 3.63) is 59.3 Å². The van der Waals surface area contributed by atoms with Crippen LogP contribution >= 0.6 is 24.0 Å². The van der Waals surface area contributed by atoms with Crippen LogP contribution in [0, 0.1) is 0 Å². The minimum Gasteiger partial charge on any atom is -0.369 e. The van der Waals surface area contributed by atoms with Gasteiger partial charge in [-0.1, -0.05) is 36.1 Å². The fraction of sp³-hybridized carbons (Fsp3) is 0.227. The van der Waals surface area contributed by atoms with E-state index in [1.165, 1.54) is 17.4 Å². The molecule has 2 aliphatic heterocycles. The molecule has 2 aromatic heterocycles. The number of hydrogen-bond acceptors (Lipinski definition) is 6. The summed E-state index contributed by atoms with van der Waals surface area (Å²) in [6, 6.07) is 12.6. The highest BCUT2D eigenvalue weighted by molar-refractivity contribution is 8.26. The molecule has 8 heteroatoms. The minimum absolute atomic E-state index is 0.143. The second kappa shape index (κ2) is 7.86. The van der Waals surface area contributed by atoms with Crippen LogP contribution in [-0.2, 0) is 4.79 Å². The topological polar surface area (TPSA) is 52.9 Å². The van der Waals surface area contributed by atoms with Crippen molar-refractivity contribution in [2.24, 2.45) is 0 Å². The molecule has 2 fully saturated rings. The summed E-state index contributed by atoms with van der Waals surface area (Å²) in [4.78, 5) is 21.9. The summed E-state index contributed by atoms with van der Waals surface area (Å²) in [5, 5.41) is 2.65. The second-order valence-corrected chi connectivity index (χ2v) is 9.24. The van der Waals surface area contributed by atoms with Crippen molar-refractivity contribution < 1.29 is 4.79 Å². The van der Waals surface area contributed by atoms with Crippen molar-refractivity contribution in [2.75, 3.05) is 38.1 Å². The van der Waals surface area contributed by atoms with E-state index < -0.39 is 0 Å². The quantitative estimate of drug-likeness (QED) is 0.504. The van der Waals surface area contributed by atoms with Crippen molar-refractivity contribution >= 4 is 51.6 Å². The first-order chi connectivity index (χ1) is 14.6. The van der Waals surface area contributed by atoms with Crippen molar-refractivity contribution in [1.82, 2.24) is 19.6 Å². The van der Waals surface area contributed by atoms with Crippen molar-refractivity contribution in [2.45, 2.75) is 0 Å². The van der Waals surface area contributed by atoms with E-state index in [0.717, 1.165) is 48.6 Å². The van der Waals surface area contributed by atoms with Gasteiger partial charge in [0.25, 0.3) is 5.91 Å². The highest BCUT2D eigenvalue weighted by Crippen LogP contribution is 2.28. The first-order valence-corrected chi connectivity index (χ1v) is 11.1. The monoisotopic (exact) mass is 435 g/mol. The zero-order valence-electron chi connectivity index (χ0n) is 16.5. The number of rotatable bonds is 3. The maximum atomic E-state index is 12.0. The van der Waals surface area contributed by atoms with E-state index in [1.54, 1.807) is 0 Å². The molecule has 4 heterocycles. The largest absolute Gasteiger partial charge is 0.369 e. The highest BCUT2D eigenvalue weighted by Gasteiger charge is 2.22. The first-order valence-electron chi connectivity index (χ1n) is 9.83. The van der Waals surface area contributed by atoms with Gasteiger partial charge >= 0.3 is 0 Å². The van der Waals surface area contributed by atoms with Gasteiger partial charge in [-0.25, -0.2) is 4.98 Å². The van der Waals surface area contributed by atoms with E-state index in [0.29, 0.717) is 9.23 Å². The minimum atomic E-state index is -0.143. The van der Waals surface area contributed by atoms with Gasteiger partial charge in [-0.05, 0) is 43.0 Å². The number of thioether (sulfide) groups is 1. The Kier molecular flexibility index (Phi) is 5.06. The molecule has 1 N–H and O–H groups in total. The van der Waals surface area contributed by atoms with Gasteiger partial charge in [0.1, 0.15) is 9.97 Å². The Morgan fingerprint density at radius 2 is 1.87 bits per heavy atom. The number of carbonyl (C=O) groups is 1. The average molecular weight is 436 g/mol. The Bertz CT molecular complexity index is 1160. The zero-order chi connectivity index (χ0) is 20.7. The van der Waals surface area contributed by atoms with Gasteiger partial charge in [-0.2, -0.15) is 0 Å². The molecule has 1 amide bonds. The molecule has 0 spiro atoms. The van der Waals surface area contributed by atoms with Gasteiger partial charge < -0.3 is 15.1 Å². The number of nitrogens with zero attached hydrogens (tertiary/aromatic N) is 4. The number of hydrogen-bond donors (Lipinski definition) is 1. The number of imidazole rings is 1. The zero-order valence-corrected chi connectivity index (χ0v) is 18.2. The Morgan fingerprint density at radius 3 is 2.57 bits per heavy atom. The lowest BCUT2D eigenvalue weighted by Crippen LogP contribution is -2.44. The lowest BCUT2D eigenvalue weighted by molar-refractivity contribution is -0.115. The summed E-state index contributed by atoms with van der Waals surface area (Å²) in [6.07, 6.45) is 5.76. The van der Waals surface area contributed by atoms with Crippen molar-refractivity contribution in [1.29, 1.82) is 0 Å². The molecular weight excluding hydrogens is 414 g/mol. The summed E-state index contributed by atoms with van der Waals surface area (Å²) in [7, 11) is 2.17. The lowest BCUT2D eigenvalue weighted by Gasteiger charge is -2.34. The molecule has 0 atom stereocenters. The predicted octanol–water partition coefficient (Wildman–Crippen LogP) is 3.24. The summed E-state index contributed by atoms with van der Waals surface area (Å²) >= 11 is 6.36. The molecule has 3 aromatic rings. The Balaban J connectivity index is 1.44. The lowest BCUT2D eigenvalue weighted by atomic mass is 10.1. The molecule has 0 aliphatic carbocycles. The van der Waals surface area contributed by atoms with E-state index in [2.05, 4.69) is 55.8 Å². The Hall–Kier alpha value is -2.68. The number of nitrogens with one attached hydrogen (secondary N) is 1. The number of fused-ring (bicyclic) bond motifs is 1. The molecular formula is C22H21N5OS2. The second-order valence-electron chi connectivity index (χ2n) is 7.52. The van der Waals surface area contributed by atoms with E-state index in [1.807, 2.05) is 30.6 Å². The van der Waals surface area contributed by atoms with Crippen LogP contribution in [0.25, 0.3) is 23.0 Å². The molecule has 2 aliphatic rings. The third-order valence-corrected chi connectivity index (χ3v) is 6.66. The van der Waals surface area contributed by atoms with E-state index >= 15 is 0 Å². The summed E-state index contributed by atoms with van der Waals surface area (Å²) < 4.78 is 2.56. The molecule has 0 saturated carbocycles. The highest BCUT2D eigenvalue weighted by atomic mass is 32.2. The number of piperazine rings is 1. The van der Waals surface area contributed by atoms with Gasteiger partial charge in [0.2, 0.25) is 0 Å². The van der Waals surface area contributed by atoms with Gasteiger partial charge in [-0.3, -0.25) is 9.20 Å². The Labute approximate surface area is 184 Å². The molecule has 0 unspecified atom stereocenters. The van der Waals surface area contributed by atoms with Crippen LogP contribution in [0.15, 0.2) is 53.7 Å². The van der Waals surface area contributed by atoms with Crippen LogP contribution < -0.4 is 10.2 Å². The molecule has 2 saturated heterocycles. The third kappa shape index (κ3) is 3.74. The molecule has 152 valence electrons. The van der Waals surface area contributed by atoms with E-state index in [4.69, 9.17) is 12.2 Å². The van der Waals surface area contributed by atoms with Crippen LogP contribution in [0.2, 0.25) is 0 Å². The smallest absolute Gasteiger partial charge is 0.263 e. The van der Waals surface area contributed by atoms with E-state index in [-0.39, 0.29) is 5.91 Å². The molecule has 0 bridgehead atoms. The average Bonchev–Trinajstić information content (AvgIpc) is 3.31. The summed E-state index contributed by atoms with van der Waals surface area (Å²) in [6.45, 7) is 4.29. The van der Waals surface area contributed by atoms with Crippen LogP contribution in [0.5, 0.6) is 0 Å². The molecule has 1 aromatic carbocycles. The summed E-state index contributed by atoms with van der Waals surface area (Å²) in [5.41, 5.74) is 5.19. The number of benzene rings is 1. The number of pyridine rings is 1. The number of amides is 1. The fourth-order valence-corrected chi connectivity index (χ4v) is 4.82. The summed E-state index contributed by atoms with van der Waals surface area (Å²) in [5.74, 6) is -0.143. The van der Waals surface area contributed by atoms with Gasteiger partial charge in [-0.15, -0.1) is 0 Å². The molecule has 30 heavy (non-hydrogen) atoms. The maximum Gasteiger partial charge on any atom is 0.263 e. The molecule has 5 rings (SSSR count). The van der Waals surface area contributed by atoms with Crippen LogP contribution in [-0.4, -0.2) is 57.7 Å². The predicted molar refractivity (Wildman–Crippen MR) is 127 cm³/mol. The van der Waals surface area contributed by atoms with Gasteiger partial charge in [0.15, 0.2) is 0 Å². The number of likely N-dealkylation sites (N-methyl/N-ethyl adjacent to an activating group) is 1. The first kappa shape index (κ1) is 19.3. The SMILES string of the molecule is CN1CCN(c2ccc(-c3cnc4ccc(/C=C5\SC(=S)NC5=O)cn34)cc2)CC1. The fourth-order valence-electron chi connectivity index (χ4n) is 3.78. The number of anilines is 1. The van der Waals surface area contributed by atoms with Gasteiger partial charge in [0, 0.05) is 43.6 Å². The molecule has 6 nitrogen and oxygen atoms in total. The van der Waals surface area contributed by atoms with Crippen molar-refractivity contribution in [3.8, 4) is 11.3 Å². The Morgan fingerprint density at radius 1 is 1.10 bits per heavy atom. The van der Waals surface area contributed by atoms with Gasteiger partial charge in [0.05, 0.1) is 16.8 Å². The number of thiocarbonyl (C=S) groups is 1. The standard InChI is InChI=1S/C22H21N5OS2/c1-25-8-10-26(11-9-25)17-5-3-16(4-6-17)18-13-23-20-7-2-15(14-27(18)20)12-19-21(28)24-22(29)30-19/h2-7,12-14H,8-11H2,1H3,(H,24,28,29)/b19-12-. The van der Waals surface area contributed by atoms with Crippen LogP contribution in [0.1, 0.15) is 5.56 Å². The van der Waals surface area contributed by atoms with Crippen LogP contribution in [0.3, 0.4) is 0 Å². The van der Waals surface area contributed by atoms with Crippen molar-refractivity contribution in [3.63, 3.8) is 0 Å².